The van der Waals surface area contributed by atoms with Gasteiger partial charge in [0.15, 0.2) is 0 Å². The van der Waals surface area contributed by atoms with Crippen molar-refractivity contribution in [2.24, 2.45) is 0 Å². The smallest absolute Gasteiger partial charge is 0.407 e. The zero-order valence-corrected chi connectivity index (χ0v) is 18.4. The molecule has 1 aliphatic heterocycles. The van der Waals surface area contributed by atoms with Crippen LogP contribution < -0.4 is 15.8 Å². The molecule has 2 amide bonds. The minimum atomic E-state index is -0.530. The van der Waals surface area contributed by atoms with Crippen LogP contribution in [0.1, 0.15) is 49.5 Å². The maximum atomic E-state index is 12.9. The molecule has 2 aromatic rings. The first-order valence-corrected chi connectivity index (χ1v) is 10.6. The van der Waals surface area contributed by atoms with Gasteiger partial charge in [0.25, 0.3) is 5.91 Å². The molecule has 7 nitrogen and oxygen atoms in total. The molecule has 1 saturated heterocycles. The number of amides is 2. The molecule has 3 N–H and O–H groups in total. The summed E-state index contributed by atoms with van der Waals surface area (Å²) in [4.78, 5) is 26.6. The number of nitrogens with zero attached hydrogens (tertiary/aromatic N) is 1. The highest BCUT2D eigenvalue weighted by atomic mass is 16.6. The van der Waals surface area contributed by atoms with Crippen LogP contribution in [0.2, 0.25) is 0 Å². The van der Waals surface area contributed by atoms with Crippen molar-refractivity contribution in [2.45, 2.75) is 51.9 Å². The number of anilines is 1. The number of likely N-dealkylation sites (tertiary alicyclic amines) is 1. The minimum Gasteiger partial charge on any atom is -0.487 e. The van der Waals surface area contributed by atoms with E-state index in [1.807, 2.05) is 51.1 Å². The SMILES string of the molecule is CC(C)(C)OC(=O)NC1CCN(C(=O)c2ccc(OCc3ccccc3)c(N)c2)CC1. The Kier molecular flexibility index (Phi) is 7.05. The summed E-state index contributed by atoms with van der Waals surface area (Å²) in [5.41, 5.74) is 7.60. The molecule has 0 radical (unpaired) electrons. The van der Waals surface area contributed by atoms with Gasteiger partial charge in [0, 0.05) is 24.7 Å². The van der Waals surface area contributed by atoms with E-state index in [1.165, 1.54) is 0 Å². The molecule has 166 valence electrons. The van der Waals surface area contributed by atoms with E-state index < -0.39 is 11.7 Å². The van der Waals surface area contributed by atoms with Gasteiger partial charge in [0.2, 0.25) is 0 Å². The fourth-order valence-electron chi connectivity index (χ4n) is 3.43. The Hall–Kier alpha value is -3.22. The molecular formula is C24H31N3O4. The van der Waals surface area contributed by atoms with Crippen molar-refractivity contribution < 1.29 is 19.1 Å². The molecule has 3 rings (SSSR count). The van der Waals surface area contributed by atoms with Gasteiger partial charge >= 0.3 is 6.09 Å². The van der Waals surface area contributed by atoms with Gasteiger partial charge in [-0.25, -0.2) is 4.79 Å². The van der Waals surface area contributed by atoms with Crippen molar-refractivity contribution in [3.8, 4) is 5.75 Å². The molecule has 2 aromatic carbocycles. The number of hydrogen-bond donors (Lipinski definition) is 2. The zero-order chi connectivity index (χ0) is 22.4. The third-order valence-corrected chi connectivity index (χ3v) is 5.00. The summed E-state index contributed by atoms with van der Waals surface area (Å²) < 4.78 is 11.1. The molecule has 7 heteroatoms. The third-order valence-electron chi connectivity index (χ3n) is 5.00. The molecule has 1 fully saturated rings. The number of nitrogens with two attached hydrogens (primary N) is 1. The van der Waals surface area contributed by atoms with E-state index in [0.29, 0.717) is 49.5 Å². The second-order valence-corrected chi connectivity index (χ2v) is 8.74. The van der Waals surface area contributed by atoms with Gasteiger partial charge < -0.3 is 25.4 Å². The van der Waals surface area contributed by atoms with Crippen LogP contribution in [-0.2, 0) is 11.3 Å². The molecule has 0 unspecified atom stereocenters. The minimum absolute atomic E-state index is 0.00210. The van der Waals surface area contributed by atoms with Gasteiger partial charge in [-0.05, 0) is 57.4 Å². The zero-order valence-electron chi connectivity index (χ0n) is 18.4. The predicted molar refractivity (Wildman–Crippen MR) is 120 cm³/mol. The molecule has 0 saturated carbocycles. The van der Waals surface area contributed by atoms with Crippen LogP contribution in [0, 0.1) is 0 Å². The maximum Gasteiger partial charge on any atom is 0.407 e. The number of carbonyl (C=O) groups is 2. The number of nitrogens with one attached hydrogen (secondary N) is 1. The largest absolute Gasteiger partial charge is 0.487 e. The van der Waals surface area contributed by atoms with Crippen LogP contribution in [0.5, 0.6) is 5.75 Å². The number of alkyl carbamates (subject to hydrolysis) is 1. The van der Waals surface area contributed by atoms with E-state index in [1.54, 1.807) is 23.1 Å². The molecule has 0 atom stereocenters. The Balaban J connectivity index is 1.51. The van der Waals surface area contributed by atoms with E-state index in [4.69, 9.17) is 15.2 Å². The van der Waals surface area contributed by atoms with E-state index in [0.717, 1.165) is 5.56 Å². The average Bonchev–Trinajstić information content (AvgIpc) is 2.72. The van der Waals surface area contributed by atoms with Crippen LogP contribution in [0.15, 0.2) is 48.5 Å². The average molecular weight is 426 g/mol. The second kappa shape index (κ2) is 9.73. The molecule has 0 aliphatic carbocycles. The van der Waals surface area contributed by atoms with E-state index >= 15 is 0 Å². The first kappa shape index (κ1) is 22.5. The molecule has 31 heavy (non-hydrogen) atoms. The van der Waals surface area contributed by atoms with Crippen molar-refractivity contribution in [3.63, 3.8) is 0 Å². The Bertz CT molecular complexity index is 901. The highest BCUT2D eigenvalue weighted by molar-refractivity contribution is 5.95. The number of rotatable bonds is 5. The molecule has 0 aromatic heterocycles. The standard InChI is InChI=1S/C24H31N3O4/c1-24(2,3)31-23(29)26-19-11-13-27(14-12-19)22(28)18-9-10-21(20(25)15-18)30-16-17-7-5-4-6-8-17/h4-10,15,19H,11-14,16,25H2,1-3H3,(H,26,29). The van der Waals surface area contributed by atoms with Gasteiger partial charge in [0.1, 0.15) is 18.0 Å². The summed E-state index contributed by atoms with van der Waals surface area (Å²) in [5, 5.41) is 2.88. The van der Waals surface area contributed by atoms with Crippen molar-refractivity contribution in [1.82, 2.24) is 10.2 Å². The van der Waals surface area contributed by atoms with Crippen LogP contribution in [0.4, 0.5) is 10.5 Å². The van der Waals surface area contributed by atoms with E-state index in [-0.39, 0.29) is 11.9 Å². The lowest BCUT2D eigenvalue weighted by atomic mass is 10.0. The van der Waals surface area contributed by atoms with Gasteiger partial charge in [-0.2, -0.15) is 0 Å². The Labute approximate surface area is 183 Å². The first-order valence-electron chi connectivity index (χ1n) is 10.6. The Morgan fingerprint density at radius 1 is 1.10 bits per heavy atom. The fraction of sp³-hybridized carbons (Fsp3) is 0.417. The highest BCUT2D eigenvalue weighted by Gasteiger charge is 2.26. The number of benzene rings is 2. The summed E-state index contributed by atoms with van der Waals surface area (Å²) in [6.07, 6.45) is 0.938. The molecular weight excluding hydrogens is 394 g/mol. The normalized spacial score (nSPS) is 14.7. The van der Waals surface area contributed by atoms with E-state index in [2.05, 4.69) is 5.32 Å². The van der Waals surface area contributed by atoms with E-state index in [9.17, 15) is 9.59 Å². The molecule has 1 aliphatic rings. The number of carbonyl (C=O) groups excluding carboxylic acids is 2. The summed E-state index contributed by atoms with van der Waals surface area (Å²) in [7, 11) is 0. The lowest BCUT2D eigenvalue weighted by molar-refractivity contribution is 0.0473. The van der Waals surface area contributed by atoms with Crippen LogP contribution >= 0.6 is 0 Å². The lowest BCUT2D eigenvalue weighted by Gasteiger charge is -2.33. The van der Waals surface area contributed by atoms with Gasteiger partial charge in [0.05, 0.1) is 5.69 Å². The fourth-order valence-corrected chi connectivity index (χ4v) is 3.43. The topological polar surface area (TPSA) is 93.9 Å². The quantitative estimate of drug-likeness (QED) is 0.707. The first-order chi connectivity index (χ1) is 14.7. The van der Waals surface area contributed by atoms with Crippen molar-refractivity contribution >= 4 is 17.7 Å². The van der Waals surface area contributed by atoms with Crippen molar-refractivity contribution in [2.75, 3.05) is 18.8 Å². The highest BCUT2D eigenvalue weighted by Crippen LogP contribution is 2.25. The van der Waals surface area contributed by atoms with Gasteiger partial charge in [-0.1, -0.05) is 30.3 Å². The van der Waals surface area contributed by atoms with Crippen molar-refractivity contribution in [3.05, 3.63) is 59.7 Å². The van der Waals surface area contributed by atoms with Crippen LogP contribution in [-0.4, -0.2) is 41.6 Å². The third kappa shape index (κ3) is 6.64. The molecule has 0 spiro atoms. The number of ether oxygens (including phenoxy) is 2. The van der Waals surface area contributed by atoms with Crippen LogP contribution in [0.3, 0.4) is 0 Å². The molecule has 1 heterocycles. The predicted octanol–water partition coefficient (Wildman–Crippen LogP) is 3.98. The summed E-state index contributed by atoms with van der Waals surface area (Å²) in [5.74, 6) is 0.484. The second-order valence-electron chi connectivity index (χ2n) is 8.74. The monoisotopic (exact) mass is 425 g/mol. The Morgan fingerprint density at radius 3 is 2.39 bits per heavy atom. The summed E-state index contributed by atoms with van der Waals surface area (Å²) in [6.45, 7) is 7.03. The lowest BCUT2D eigenvalue weighted by Crippen LogP contribution is -2.47. The number of piperidine rings is 1. The summed E-state index contributed by atoms with van der Waals surface area (Å²) >= 11 is 0. The van der Waals surface area contributed by atoms with Crippen molar-refractivity contribution in [1.29, 1.82) is 0 Å². The summed E-state index contributed by atoms with van der Waals surface area (Å²) in [6, 6.07) is 15.0. The van der Waals surface area contributed by atoms with Gasteiger partial charge in [-0.15, -0.1) is 0 Å². The number of hydrogen-bond acceptors (Lipinski definition) is 5. The Morgan fingerprint density at radius 2 is 1.77 bits per heavy atom. The van der Waals surface area contributed by atoms with Gasteiger partial charge in [-0.3, -0.25) is 4.79 Å². The molecule has 0 bridgehead atoms. The maximum absolute atomic E-state index is 12.9. The van der Waals surface area contributed by atoms with Crippen LogP contribution in [0.25, 0.3) is 0 Å². The number of nitrogen functional groups attached to an aromatic ring is 1.